The molecule has 0 bridgehead atoms. The first-order chi connectivity index (χ1) is 15.2. The zero-order valence-corrected chi connectivity index (χ0v) is 17.5. The zero-order valence-electron chi connectivity index (χ0n) is 17.5. The highest BCUT2D eigenvalue weighted by Crippen LogP contribution is 2.34. The minimum absolute atomic E-state index is 0.0561. The van der Waals surface area contributed by atoms with Crippen LogP contribution in [-0.4, -0.2) is 35.7 Å². The van der Waals surface area contributed by atoms with Crippen molar-refractivity contribution in [1.29, 1.82) is 0 Å². The van der Waals surface area contributed by atoms with Gasteiger partial charge >= 0.3 is 6.18 Å². The van der Waals surface area contributed by atoms with E-state index >= 15 is 0 Å². The predicted octanol–water partition coefficient (Wildman–Crippen LogP) is 4.08. The third kappa shape index (κ3) is 5.66. The average Bonchev–Trinajstić information content (AvgIpc) is 2.75. The van der Waals surface area contributed by atoms with Gasteiger partial charge in [0.15, 0.2) is 0 Å². The molecular formula is C23H24F3N3O3. The predicted molar refractivity (Wildman–Crippen MR) is 114 cm³/mol. The van der Waals surface area contributed by atoms with Crippen LogP contribution in [0.15, 0.2) is 48.5 Å². The highest BCUT2D eigenvalue weighted by Gasteiger charge is 2.34. The van der Waals surface area contributed by atoms with Gasteiger partial charge in [-0.1, -0.05) is 30.3 Å². The van der Waals surface area contributed by atoms with Crippen LogP contribution in [0.5, 0.6) is 0 Å². The van der Waals surface area contributed by atoms with Gasteiger partial charge in [0.25, 0.3) is 0 Å². The van der Waals surface area contributed by atoms with Crippen molar-refractivity contribution < 1.29 is 27.6 Å². The summed E-state index contributed by atoms with van der Waals surface area (Å²) in [6.07, 6.45) is -3.71. The molecule has 1 atom stereocenters. The fourth-order valence-electron chi connectivity index (χ4n) is 3.68. The molecule has 170 valence electrons. The van der Waals surface area contributed by atoms with Crippen molar-refractivity contribution in [2.75, 3.05) is 23.7 Å². The molecule has 0 aromatic heterocycles. The average molecular weight is 447 g/mol. The number of hydrogen-bond acceptors (Lipinski definition) is 3. The molecule has 3 rings (SSSR count). The van der Waals surface area contributed by atoms with Gasteiger partial charge in [-0.3, -0.25) is 14.4 Å². The first-order valence-corrected chi connectivity index (χ1v) is 10.3. The SMILES string of the molecule is CCN(CC(=O)Nc1ccccc1C(F)(F)F)C(=O)CCC1Cc2ccccc2NC1=O. The number of rotatable bonds is 7. The Morgan fingerprint density at radius 2 is 1.81 bits per heavy atom. The molecule has 2 N–H and O–H groups in total. The van der Waals surface area contributed by atoms with Crippen molar-refractivity contribution in [1.82, 2.24) is 4.90 Å². The number of fused-ring (bicyclic) bond motifs is 1. The number of amides is 3. The summed E-state index contributed by atoms with van der Waals surface area (Å²) in [6.45, 7) is 1.52. The Labute approximate surface area is 183 Å². The van der Waals surface area contributed by atoms with Crippen LogP contribution in [-0.2, 0) is 27.0 Å². The molecule has 2 aromatic carbocycles. The minimum Gasteiger partial charge on any atom is -0.334 e. The van der Waals surface area contributed by atoms with E-state index in [-0.39, 0.29) is 42.9 Å². The van der Waals surface area contributed by atoms with Crippen molar-refractivity contribution in [3.8, 4) is 0 Å². The summed E-state index contributed by atoms with van der Waals surface area (Å²) in [5.74, 6) is -1.57. The van der Waals surface area contributed by atoms with E-state index in [1.807, 2.05) is 24.3 Å². The maximum absolute atomic E-state index is 13.1. The van der Waals surface area contributed by atoms with Crippen molar-refractivity contribution in [2.24, 2.45) is 5.92 Å². The summed E-state index contributed by atoms with van der Waals surface area (Å²) in [5, 5.41) is 5.08. The third-order valence-electron chi connectivity index (χ3n) is 5.39. The van der Waals surface area contributed by atoms with Crippen molar-refractivity contribution in [3.05, 3.63) is 59.7 Å². The Morgan fingerprint density at radius 3 is 2.53 bits per heavy atom. The van der Waals surface area contributed by atoms with Gasteiger partial charge < -0.3 is 15.5 Å². The second-order valence-electron chi connectivity index (χ2n) is 7.59. The van der Waals surface area contributed by atoms with Crippen LogP contribution in [0, 0.1) is 5.92 Å². The Bertz CT molecular complexity index is 1010. The lowest BCUT2D eigenvalue weighted by Gasteiger charge is -2.26. The van der Waals surface area contributed by atoms with E-state index in [0.717, 1.165) is 17.3 Å². The second-order valence-corrected chi connectivity index (χ2v) is 7.59. The van der Waals surface area contributed by atoms with E-state index < -0.39 is 17.6 Å². The normalized spacial score (nSPS) is 15.5. The van der Waals surface area contributed by atoms with Crippen LogP contribution in [0.3, 0.4) is 0 Å². The molecule has 2 aromatic rings. The van der Waals surface area contributed by atoms with Crippen LogP contribution in [0.2, 0.25) is 0 Å². The summed E-state index contributed by atoms with van der Waals surface area (Å²) >= 11 is 0. The summed E-state index contributed by atoms with van der Waals surface area (Å²) in [5.41, 5.74) is 0.461. The van der Waals surface area contributed by atoms with Crippen molar-refractivity contribution in [3.63, 3.8) is 0 Å². The second kappa shape index (κ2) is 9.84. The molecule has 0 saturated heterocycles. The van der Waals surface area contributed by atoms with Crippen LogP contribution < -0.4 is 10.6 Å². The number of benzene rings is 2. The monoisotopic (exact) mass is 447 g/mol. The number of carbonyl (C=O) groups excluding carboxylic acids is 3. The Hall–Kier alpha value is -3.36. The van der Waals surface area contributed by atoms with E-state index in [1.54, 1.807) is 6.92 Å². The van der Waals surface area contributed by atoms with Gasteiger partial charge in [-0.15, -0.1) is 0 Å². The fourth-order valence-corrected chi connectivity index (χ4v) is 3.68. The van der Waals surface area contributed by atoms with Gasteiger partial charge in [0.2, 0.25) is 17.7 Å². The number of nitrogens with zero attached hydrogens (tertiary/aromatic N) is 1. The molecule has 1 unspecified atom stereocenters. The van der Waals surface area contributed by atoms with Gasteiger partial charge in [0, 0.05) is 24.6 Å². The van der Waals surface area contributed by atoms with Crippen LogP contribution in [0.25, 0.3) is 0 Å². The third-order valence-corrected chi connectivity index (χ3v) is 5.39. The van der Waals surface area contributed by atoms with Gasteiger partial charge in [0.05, 0.1) is 17.8 Å². The smallest absolute Gasteiger partial charge is 0.334 e. The van der Waals surface area contributed by atoms with E-state index in [1.165, 1.54) is 23.1 Å². The molecule has 0 spiro atoms. The largest absolute Gasteiger partial charge is 0.418 e. The molecule has 1 aliphatic rings. The Kier molecular flexibility index (Phi) is 7.17. The standard InChI is InChI=1S/C23H24F3N3O3/c1-2-29(14-20(30)27-19-10-6-4-8-17(19)23(24,25)26)21(31)12-11-16-13-15-7-3-5-9-18(15)28-22(16)32/h3-10,16H,2,11-14H2,1H3,(H,27,30)(H,28,32). The molecule has 9 heteroatoms. The number of halogens is 3. The van der Waals surface area contributed by atoms with Crippen LogP contribution in [0.1, 0.15) is 30.9 Å². The van der Waals surface area contributed by atoms with E-state index in [2.05, 4.69) is 10.6 Å². The van der Waals surface area contributed by atoms with Gasteiger partial charge in [-0.05, 0) is 43.5 Å². The first kappa shape index (κ1) is 23.3. The van der Waals surface area contributed by atoms with Gasteiger partial charge in [-0.2, -0.15) is 13.2 Å². The number of nitrogens with one attached hydrogen (secondary N) is 2. The molecule has 0 aliphatic carbocycles. The van der Waals surface area contributed by atoms with Crippen LogP contribution in [0.4, 0.5) is 24.5 Å². The maximum Gasteiger partial charge on any atom is 0.418 e. The van der Waals surface area contributed by atoms with E-state index in [0.29, 0.717) is 12.8 Å². The number of hydrogen-bond donors (Lipinski definition) is 2. The number of likely N-dealkylation sites (N-methyl/N-ethyl adjacent to an activating group) is 1. The van der Waals surface area contributed by atoms with Crippen LogP contribution >= 0.6 is 0 Å². The molecule has 1 heterocycles. The molecule has 32 heavy (non-hydrogen) atoms. The Balaban J connectivity index is 1.56. The molecule has 1 aliphatic heterocycles. The number of carbonyl (C=O) groups is 3. The lowest BCUT2D eigenvalue weighted by Crippen LogP contribution is -2.39. The van der Waals surface area contributed by atoms with Crippen molar-refractivity contribution >= 4 is 29.1 Å². The van der Waals surface area contributed by atoms with E-state index in [4.69, 9.17) is 0 Å². The Morgan fingerprint density at radius 1 is 1.12 bits per heavy atom. The lowest BCUT2D eigenvalue weighted by molar-refractivity contribution is -0.137. The quantitative estimate of drug-likeness (QED) is 0.671. The molecular weight excluding hydrogens is 423 g/mol. The summed E-state index contributed by atoms with van der Waals surface area (Å²) in [6, 6.07) is 12.1. The molecule has 3 amide bonds. The summed E-state index contributed by atoms with van der Waals surface area (Å²) in [4.78, 5) is 38.5. The highest BCUT2D eigenvalue weighted by molar-refractivity contribution is 5.97. The highest BCUT2D eigenvalue weighted by atomic mass is 19.4. The number of alkyl halides is 3. The molecule has 0 fully saturated rings. The van der Waals surface area contributed by atoms with Gasteiger partial charge in [-0.25, -0.2) is 0 Å². The number of anilines is 2. The topological polar surface area (TPSA) is 78.5 Å². The van der Waals surface area contributed by atoms with Gasteiger partial charge in [0.1, 0.15) is 0 Å². The zero-order chi connectivity index (χ0) is 23.3. The molecule has 6 nitrogen and oxygen atoms in total. The lowest BCUT2D eigenvalue weighted by atomic mass is 9.89. The summed E-state index contributed by atoms with van der Waals surface area (Å²) in [7, 11) is 0. The summed E-state index contributed by atoms with van der Waals surface area (Å²) < 4.78 is 39.3. The molecule has 0 saturated carbocycles. The minimum atomic E-state index is -4.61. The maximum atomic E-state index is 13.1. The van der Waals surface area contributed by atoms with Crippen molar-refractivity contribution in [2.45, 2.75) is 32.4 Å². The fraction of sp³-hybridized carbons (Fsp3) is 0.348. The van der Waals surface area contributed by atoms with E-state index in [9.17, 15) is 27.6 Å². The number of para-hydroxylation sites is 2. The first-order valence-electron chi connectivity index (χ1n) is 10.3. The molecule has 0 radical (unpaired) electrons.